The third kappa shape index (κ3) is 2.46. The van der Waals surface area contributed by atoms with Crippen molar-refractivity contribution in [3.63, 3.8) is 0 Å². The molecule has 0 heterocycles. The number of hydrogen-bond acceptors (Lipinski definition) is 3. The van der Waals surface area contributed by atoms with Gasteiger partial charge < -0.3 is 10.0 Å². The van der Waals surface area contributed by atoms with Crippen molar-refractivity contribution < 1.29 is 5.11 Å². The van der Waals surface area contributed by atoms with Gasteiger partial charge in [-0.05, 0) is 24.6 Å². The number of nitriles is 1. The van der Waals surface area contributed by atoms with Gasteiger partial charge in [0, 0.05) is 5.69 Å². The van der Waals surface area contributed by atoms with Gasteiger partial charge in [0.1, 0.15) is 13.3 Å². The van der Waals surface area contributed by atoms with Crippen LogP contribution in [0.3, 0.4) is 0 Å². The van der Waals surface area contributed by atoms with Gasteiger partial charge in [-0.25, -0.2) is 0 Å². The SMILES string of the molecule is Cc1cccc(N(CO)CC#N)c1. The van der Waals surface area contributed by atoms with Crippen molar-refractivity contribution in [3.8, 4) is 6.07 Å². The first-order valence-electron chi connectivity index (χ1n) is 4.07. The minimum atomic E-state index is -0.128. The maximum atomic E-state index is 8.98. The van der Waals surface area contributed by atoms with E-state index in [1.165, 1.54) is 0 Å². The lowest BCUT2D eigenvalue weighted by Gasteiger charge is -2.18. The molecule has 68 valence electrons. The Bertz CT molecular complexity index is 317. The second-order valence-electron chi connectivity index (χ2n) is 2.84. The molecule has 1 N–H and O–H groups in total. The topological polar surface area (TPSA) is 47.3 Å². The molecule has 1 rings (SSSR count). The summed E-state index contributed by atoms with van der Waals surface area (Å²) in [4.78, 5) is 1.60. The fraction of sp³-hybridized carbons (Fsp3) is 0.300. The zero-order valence-electron chi connectivity index (χ0n) is 7.57. The molecule has 0 saturated heterocycles. The van der Waals surface area contributed by atoms with E-state index in [-0.39, 0.29) is 13.3 Å². The molecule has 3 nitrogen and oxygen atoms in total. The van der Waals surface area contributed by atoms with Crippen LogP contribution in [0.25, 0.3) is 0 Å². The van der Waals surface area contributed by atoms with Gasteiger partial charge in [0.15, 0.2) is 0 Å². The summed E-state index contributed by atoms with van der Waals surface area (Å²) in [6.07, 6.45) is 0. The van der Waals surface area contributed by atoms with E-state index < -0.39 is 0 Å². The summed E-state index contributed by atoms with van der Waals surface area (Å²) >= 11 is 0. The molecule has 0 aliphatic carbocycles. The van der Waals surface area contributed by atoms with Gasteiger partial charge in [-0.1, -0.05) is 12.1 Å². The van der Waals surface area contributed by atoms with Crippen molar-refractivity contribution in [3.05, 3.63) is 29.8 Å². The standard InChI is InChI=1S/C10H12N2O/c1-9-3-2-4-10(7-9)12(8-13)6-5-11/h2-4,7,13H,6,8H2,1H3. The van der Waals surface area contributed by atoms with E-state index in [2.05, 4.69) is 0 Å². The number of rotatable bonds is 3. The Labute approximate surface area is 77.8 Å². The summed E-state index contributed by atoms with van der Waals surface area (Å²) in [5.74, 6) is 0. The van der Waals surface area contributed by atoms with Gasteiger partial charge in [-0.2, -0.15) is 5.26 Å². The van der Waals surface area contributed by atoms with E-state index in [4.69, 9.17) is 10.4 Å². The Morgan fingerprint density at radius 3 is 2.85 bits per heavy atom. The molecular weight excluding hydrogens is 164 g/mol. The average Bonchev–Trinajstić information content (AvgIpc) is 2.14. The van der Waals surface area contributed by atoms with Crippen LogP contribution < -0.4 is 4.90 Å². The van der Waals surface area contributed by atoms with Gasteiger partial charge in [-0.15, -0.1) is 0 Å². The highest BCUT2D eigenvalue weighted by Crippen LogP contribution is 2.14. The van der Waals surface area contributed by atoms with Gasteiger partial charge >= 0.3 is 0 Å². The molecule has 0 saturated carbocycles. The van der Waals surface area contributed by atoms with Crippen molar-refractivity contribution in [1.82, 2.24) is 0 Å². The molecule has 0 spiro atoms. The predicted octanol–water partition coefficient (Wildman–Crippen LogP) is 1.27. The van der Waals surface area contributed by atoms with Crippen LogP contribution >= 0.6 is 0 Å². The highest BCUT2D eigenvalue weighted by atomic mass is 16.3. The number of aryl methyl sites for hydroxylation is 1. The monoisotopic (exact) mass is 176 g/mol. The zero-order valence-corrected chi connectivity index (χ0v) is 7.57. The largest absolute Gasteiger partial charge is 0.376 e. The number of hydrogen-bond donors (Lipinski definition) is 1. The molecule has 0 radical (unpaired) electrons. The molecule has 0 atom stereocenters. The van der Waals surface area contributed by atoms with Crippen LogP contribution in [0, 0.1) is 18.3 Å². The second-order valence-corrected chi connectivity index (χ2v) is 2.84. The molecule has 1 aromatic carbocycles. The fourth-order valence-electron chi connectivity index (χ4n) is 1.13. The smallest absolute Gasteiger partial charge is 0.116 e. The summed E-state index contributed by atoms with van der Waals surface area (Å²) in [6, 6.07) is 9.70. The molecule has 0 fully saturated rings. The quantitative estimate of drug-likeness (QED) is 0.557. The third-order valence-electron chi connectivity index (χ3n) is 1.80. The molecule has 0 aromatic heterocycles. The maximum absolute atomic E-state index is 8.98. The minimum absolute atomic E-state index is 0.128. The van der Waals surface area contributed by atoms with Crippen LogP contribution in [0.4, 0.5) is 5.69 Å². The summed E-state index contributed by atoms with van der Waals surface area (Å²) in [6.45, 7) is 2.06. The molecule has 0 aliphatic heterocycles. The van der Waals surface area contributed by atoms with Crippen molar-refractivity contribution in [2.75, 3.05) is 18.2 Å². The van der Waals surface area contributed by atoms with Gasteiger partial charge in [0.2, 0.25) is 0 Å². The summed E-state index contributed by atoms with van der Waals surface area (Å²) in [5, 5.41) is 17.5. The number of anilines is 1. The van der Waals surface area contributed by atoms with E-state index in [0.717, 1.165) is 11.3 Å². The maximum Gasteiger partial charge on any atom is 0.116 e. The number of aliphatic hydroxyl groups is 1. The van der Waals surface area contributed by atoms with Crippen LogP contribution in [-0.4, -0.2) is 18.4 Å². The van der Waals surface area contributed by atoms with Crippen molar-refractivity contribution in [2.24, 2.45) is 0 Å². The average molecular weight is 176 g/mol. The molecule has 3 heteroatoms. The van der Waals surface area contributed by atoms with Crippen molar-refractivity contribution in [2.45, 2.75) is 6.92 Å². The van der Waals surface area contributed by atoms with E-state index in [1.807, 2.05) is 37.3 Å². The normalized spacial score (nSPS) is 9.31. The van der Waals surface area contributed by atoms with Crippen LogP contribution in [0.15, 0.2) is 24.3 Å². The molecule has 13 heavy (non-hydrogen) atoms. The Hall–Kier alpha value is -1.53. The number of benzene rings is 1. The van der Waals surface area contributed by atoms with Gasteiger partial charge in [-0.3, -0.25) is 0 Å². The number of aliphatic hydroxyl groups excluding tert-OH is 1. The molecule has 1 aromatic rings. The van der Waals surface area contributed by atoms with Gasteiger partial charge in [0.05, 0.1) is 6.07 Å². The van der Waals surface area contributed by atoms with E-state index >= 15 is 0 Å². The highest BCUT2D eigenvalue weighted by Gasteiger charge is 2.02. The van der Waals surface area contributed by atoms with Crippen molar-refractivity contribution in [1.29, 1.82) is 5.26 Å². The fourth-order valence-corrected chi connectivity index (χ4v) is 1.13. The van der Waals surface area contributed by atoms with Gasteiger partial charge in [0.25, 0.3) is 0 Å². The first kappa shape index (κ1) is 9.56. The van der Waals surface area contributed by atoms with Crippen LogP contribution in [0.1, 0.15) is 5.56 Å². The summed E-state index contributed by atoms with van der Waals surface area (Å²) in [7, 11) is 0. The Morgan fingerprint density at radius 2 is 2.31 bits per heavy atom. The lowest BCUT2D eigenvalue weighted by molar-refractivity contribution is 0.295. The minimum Gasteiger partial charge on any atom is -0.376 e. The van der Waals surface area contributed by atoms with E-state index in [9.17, 15) is 0 Å². The Balaban J connectivity index is 2.86. The molecule has 0 unspecified atom stereocenters. The first-order valence-corrected chi connectivity index (χ1v) is 4.07. The molecular formula is C10H12N2O. The lowest BCUT2D eigenvalue weighted by Crippen LogP contribution is -2.24. The van der Waals surface area contributed by atoms with E-state index in [0.29, 0.717) is 0 Å². The van der Waals surface area contributed by atoms with Crippen LogP contribution in [0.2, 0.25) is 0 Å². The Morgan fingerprint density at radius 1 is 1.54 bits per heavy atom. The zero-order chi connectivity index (χ0) is 9.68. The highest BCUT2D eigenvalue weighted by molar-refractivity contribution is 5.48. The molecule has 0 amide bonds. The Kier molecular flexibility index (Phi) is 3.30. The third-order valence-corrected chi connectivity index (χ3v) is 1.80. The predicted molar refractivity (Wildman–Crippen MR) is 51.2 cm³/mol. The first-order chi connectivity index (χ1) is 6.27. The molecule has 0 bridgehead atoms. The van der Waals surface area contributed by atoms with Crippen LogP contribution in [-0.2, 0) is 0 Å². The molecule has 0 aliphatic rings. The van der Waals surface area contributed by atoms with E-state index in [1.54, 1.807) is 4.90 Å². The lowest BCUT2D eigenvalue weighted by atomic mass is 10.2. The summed E-state index contributed by atoms with van der Waals surface area (Å²) in [5.41, 5.74) is 2.00. The summed E-state index contributed by atoms with van der Waals surface area (Å²) < 4.78 is 0. The van der Waals surface area contributed by atoms with Crippen LogP contribution in [0.5, 0.6) is 0 Å². The van der Waals surface area contributed by atoms with Crippen molar-refractivity contribution >= 4 is 5.69 Å². The second kappa shape index (κ2) is 4.48. The number of nitrogens with zero attached hydrogens (tertiary/aromatic N) is 2.